The largest absolute Gasteiger partial charge is 0.461 e. The Kier molecular flexibility index (Phi) is 6.65. The summed E-state index contributed by atoms with van der Waals surface area (Å²) in [6.07, 6.45) is -2.95. The van der Waals surface area contributed by atoms with Crippen LogP contribution < -0.4 is 5.32 Å². The number of benzene rings is 1. The van der Waals surface area contributed by atoms with Gasteiger partial charge in [-0.1, -0.05) is 12.1 Å². The Morgan fingerprint density at radius 2 is 1.94 bits per heavy atom. The number of para-hydroxylation sites is 1. The van der Waals surface area contributed by atoms with Gasteiger partial charge in [-0.3, -0.25) is 4.79 Å². The summed E-state index contributed by atoms with van der Waals surface area (Å²) in [6, 6.07) is 4.44. The Labute approximate surface area is 183 Å². The third-order valence-electron chi connectivity index (χ3n) is 5.07. The minimum absolute atomic E-state index is 0.0183. The summed E-state index contributed by atoms with van der Waals surface area (Å²) in [5.74, 6) is -1.56. The van der Waals surface area contributed by atoms with Crippen LogP contribution in [-0.2, 0) is 32.8 Å². The molecule has 32 heavy (non-hydrogen) atoms. The maximum atomic E-state index is 13.2. The SMILES string of the molecule is CCOC(=O)c1cc(S(=O)(=O)N2CCC[C@H]2C(=O)Nc2ccccc2C(F)(F)F)cn1C. The molecule has 2 aromatic rings. The summed E-state index contributed by atoms with van der Waals surface area (Å²) in [6.45, 7) is 1.74. The molecule has 1 amide bonds. The topological polar surface area (TPSA) is 97.7 Å². The lowest BCUT2D eigenvalue weighted by Gasteiger charge is -2.23. The molecule has 0 saturated carbocycles. The smallest absolute Gasteiger partial charge is 0.418 e. The van der Waals surface area contributed by atoms with Crippen molar-refractivity contribution < 1.29 is 35.9 Å². The van der Waals surface area contributed by atoms with Gasteiger partial charge in [0, 0.05) is 19.8 Å². The number of aromatic nitrogens is 1. The second kappa shape index (κ2) is 8.94. The monoisotopic (exact) mass is 473 g/mol. The van der Waals surface area contributed by atoms with Crippen LogP contribution in [0.3, 0.4) is 0 Å². The van der Waals surface area contributed by atoms with Crippen molar-refractivity contribution >= 4 is 27.6 Å². The van der Waals surface area contributed by atoms with E-state index in [-0.39, 0.29) is 30.2 Å². The van der Waals surface area contributed by atoms with E-state index in [4.69, 9.17) is 4.74 Å². The number of carbonyl (C=O) groups excluding carboxylic acids is 2. The number of nitrogens with one attached hydrogen (secondary N) is 1. The number of sulfonamides is 1. The van der Waals surface area contributed by atoms with E-state index >= 15 is 0 Å². The van der Waals surface area contributed by atoms with Gasteiger partial charge in [-0.05, 0) is 38.0 Å². The van der Waals surface area contributed by atoms with Gasteiger partial charge in [-0.25, -0.2) is 13.2 Å². The molecule has 1 aromatic carbocycles. The summed E-state index contributed by atoms with van der Waals surface area (Å²) in [5.41, 5.74) is -1.45. The quantitative estimate of drug-likeness (QED) is 0.651. The van der Waals surface area contributed by atoms with Crippen LogP contribution in [-0.4, -0.2) is 48.4 Å². The molecule has 1 saturated heterocycles. The first kappa shape index (κ1) is 23.8. The van der Waals surface area contributed by atoms with Crippen molar-refractivity contribution in [2.24, 2.45) is 7.05 Å². The fourth-order valence-corrected chi connectivity index (χ4v) is 5.29. The van der Waals surface area contributed by atoms with Gasteiger partial charge in [0.2, 0.25) is 15.9 Å². The molecular weight excluding hydrogens is 451 g/mol. The zero-order chi connectivity index (χ0) is 23.7. The van der Waals surface area contributed by atoms with E-state index in [9.17, 15) is 31.2 Å². The maximum Gasteiger partial charge on any atom is 0.418 e. The second-order valence-electron chi connectivity index (χ2n) is 7.20. The molecule has 1 aromatic heterocycles. The van der Waals surface area contributed by atoms with Gasteiger partial charge in [-0.2, -0.15) is 17.5 Å². The highest BCUT2D eigenvalue weighted by molar-refractivity contribution is 7.89. The van der Waals surface area contributed by atoms with Gasteiger partial charge in [0.15, 0.2) is 0 Å². The minimum atomic E-state index is -4.68. The van der Waals surface area contributed by atoms with Crippen LogP contribution in [0, 0.1) is 0 Å². The number of hydrogen-bond donors (Lipinski definition) is 1. The van der Waals surface area contributed by atoms with Crippen molar-refractivity contribution in [2.45, 2.75) is 36.9 Å². The standard InChI is InChI=1S/C20H22F3N3O5S/c1-3-31-19(28)17-11-13(12-25(17)2)32(29,30)26-10-6-9-16(26)18(27)24-15-8-5-4-7-14(15)20(21,22)23/h4-5,7-8,11-12,16H,3,6,9-10H2,1-2H3,(H,24,27)/t16-/m0/s1. The van der Waals surface area contributed by atoms with Crippen LogP contribution in [0.2, 0.25) is 0 Å². The van der Waals surface area contributed by atoms with Gasteiger partial charge < -0.3 is 14.6 Å². The second-order valence-corrected chi connectivity index (χ2v) is 9.09. The Bertz CT molecular complexity index is 1130. The van der Waals surface area contributed by atoms with Crippen LogP contribution >= 0.6 is 0 Å². The number of anilines is 1. The number of rotatable bonds is 6. The molecule has 1 aliphatic heterocycles. The van der Waals surface area contributed by atoms with Gasteiger partial charge in [0.1, 0.15) is 16.6 Å². The zero-order valence-corrected chi connectivity index (χ0v) is 18.2. The lowest BCUT2D eigenvalue weighted by molar-refractivity contribution is -0.137. The molecule has 2 heterocycles. The van der Waals surface area contributed by atoms with Crippen molar-refractivity contribution in [3.05, 3.63) is 47.8 Å². The molecule has 3 rings (SSSR count). The van der Waals surface area contributed by atoms with Crippen LogP contribution in [0.4, 0.5) is 18.9 Å². The average molecular weight is 473 g/mol. The fourth-order valence-electron chi connectivity index (χ4n) is 3.56. The summed E-state index contributed by atoms with van der Waals surface area (Å²) in [5, 5.41) is 2.22. The van der Waals surface area contributed by atoms with E-state index in [1.165, 1.54) is 29.9 Å². The summed E-state index contributed by atoms with van der Waals surface area (Å²) in [7, 11) is -2.71. The van der Waals surface area contributed by atoms with Crippen LogP contribution in [0.25, 0.3) is 0 Å². The van der Waals surface area contributed by atoms with Crippen molar-refractivity contribution in [3.63, 3.8) is 0 Å². The third-order valence-corrected chi connectivity index (χ3v) is 6.94. The number of hydrogen-bond acceptors (Lipinski definition) is 5. The van der Waals surface area contributed by atoms with E-state index in [0.29, 0.717) is 6.42 Å². The molecule has 0 aliphatic carbocycles. The van der Waals surface area contributed by atoms with Crippen molar-refractivity contribution in [1.82, 2.24) is 8.87 Å². The molecule has 1 N–H and O–H groups in total. The summed E-state index contributed by atoms with van der Waals surface area (Å²) >= 11 is 0. The molecule has 0 unspecified atom stereocenters. The van der Waals surface area contributed by atoms with Crippen LogP contribution in [0.5, 0.6) is 0 Å². The number of carbonyl (C=O) groups is 2. The van der Waals surface area contributed by atoms with Gasteiger partial charge >= 0.3 is 12.1 Å². The minimum Gasteiger partial charge on any atom is -0.461 e. The van der Waals surface area contributed by atoms with Crippen LogP contribution in [0.15, 0.2) is 41.4 Å². The van der Waals surface area contributed by atoms with Crippen molar-refractivity contribution in [1.29, 1.82) is 0 Å². The average Bonchev–Trinajstić information content (AvgIpc) is 3.35. The van der Waals surface area contributed by atoms with Gasteiger partial charge in [0.05, 0.1) is 17.9 Å². The number of halogens is 3. The van der Waals surface area contributed by atoms with E-state index in [2.05, 4.69) is 5.32 Å². The first-order valence-corrected chi connectivity index (χ1v) is 11.2. The fraction of sp³-hybridized carbons (Fsp3) is 0.400. The Morgan fingerprint density at radius 1 is 1.25 bits per heavy atom. The predicted molar refractivity (Wildman–Crippen MR) is 108 cm³/mol. The Morgan fingerprint density at radius 3 is 2.59 bits per heavy atom. The molecule has 1 atom stereocenters. The first-order chi connectivity index (χ1) is 15.0. The molecule has 1 aliphatic rings. The number of alkyl halides is 3. The molecule has 0 radical (unpaired) electrons. The van der Waals surface area contributed by atoms with Crippen molar-refractivity contribution in [2.75, 3.05) is 18.5 Å². The normalized spacial score (nSPS) is 17.3. The first-order valence-electron chi connectivity index (χ1n) is 9.79. The van der Waals surface area contributed by atoms with Gasteiger partial charge in [0.25, 0.3) is 0 Å². The van der Waals surface area contributed by atoms with E-state index in [1.807, 2.05) is 0 Å². The van der Waals surface area contributed by atoms with E-state index < -0.39 is 45.4 Å². The highest BCUT2D eigenvalue weighted by Crippen LogP contribution is 2.35. The Balaban J connectivity index is 1.86. The molecular formula is C20H22F3N3O5S. The summed E-state index contributed by atoms with van der Waals surface area (Å²) in [4.78, 5) is 24.6. The number of amides is 1. The number of ether oxygens (including phenoxy) is 1. The van der Waals surface area contributed by atoms with E-state index in [1.54, 1.807) is 6.92 Å². The summed E-state index contributed by atoms with van der Waals surface area (Å²) < 4.78 is 73.2. The third kappa shape index (κ3) is 4.65. The molecule has 0 bridgehead atoms. The van der Waals surface area contributed by atoms with E-state index in [0.717, 1.165) is 22.5 Å². The molecule has 8 nitrogen and oxygen atoms in total. The van der Waals surface area contributed by atoms with Gasteiger partial charge in [-0.15, -0.1) is 0 Å². The molecule has 174 valence electrons. The maximum absolute atomic E-state index is 13.2. The highest BCUT2D eigenvalue weighted by Gasteiger charge is 2.41. The molecule has 0 spiro atoms. The zero-order valence-electron chi connectivity index (χ0n) is 17.3. The van der Waals surface area contributed by atoms with Crippen LogP contribution in [0.1, 0.15) is 35.8 Å². The highest BCUT2D eigenvalue weighted by atomic mass is 32.2. The predicted octanol–water partition coefficient (Wildman–Crippen LogP) is 3.01. The van der Waals surface area contributed by atoms with Crippen molar-refractivity contribution in [3.8, 4) is 0 Å². The number of esters is 1. The molecule has 12 heteroatoms. The lowest BCUT2D eigenvalue weighted by atomic mass is 10.1. The Hall–Kier alpha value is -2.86. The lowest BCUT2D eigenvalue weighted by Crippen LogP contribution is -2.43. The number of aryl methyl sites for hydroxylation is 1. The molecule has 1 fully saturated rings. The number of nitrogens with zero attached hydrogens (tertiary/aromatic N) is 2.